The zero-order valence-corrected chi connectivity index (χ0v) is 20.5. The largest absolute Gasteiger partial charge is 0.465 e. The topological polar surface area (TPSA) is 77.7 Å². The Labute approximate surface area is 199 Å². The minimum absolute atomic E-state index is 0.137. The number of likely N-dealkylation sites (N-methyl/N-ethyl adjacent to an activating group) is 1. The molecule has 0 unspecified atom stereocenters. The fraction of sp³-hybridized carbons (Fsp3) is 0.320. The third-order valence-electron chi connectivity index (χ3n) is 5.41. The number of rotatable bonds is 7. The van der Waals surface area contributed by atoms with E-state index in [1.165, 1.54) is 7.11 Å². The maximum absolute atomic E-state index is 12.9. The monoisotopic (exact) mass is 466 g/mol. The van der Waals surface area contributed by atoms with Gasteiger partial charge in [0.2, 0.25) is 0 Å². The molecule has 0 aliphatic carbocycles. The molecular weight excluding hydrogens is 436 g/mol. The smallest absolute Gasteiger partial charge is 0.339 e. The summed E-state index contributed by atoms with van der Waals surface area (Å²) < 4.78 is 4.88. The van der Waals surface area contributed by atoms with Crippen molar-refractivity contribution < 1.29 is 9.53 Å². The maximum atomic E-state index is 12.9. The number of carbonyl (C=O) groups is 1. The van der Waals surface area contributed by atoms with Crippen molar-refractivity contribution in [1.29, 1.82) is 0 Å². The molecule has 0 radical (unpaired) electrons. The van der Waals surface area contributed by atoms with Gasteiger partial charge in [0.15, 0.2) is 5.11 Å². The van der Waals surface area contributed by atoms with E-state index in [1.807, 2.05) is 45.0 Å². The molecule has 1 heterocycles. The van der Waals surface area contributed by atoms with Crippen molar-refractivity contribution in [3.05, 3.63) is 75.1 Å². The second-order valence-corrected chi connectivity index (χ2v) is 8.75. The number of aryl methyl sites for hydroxylation is 2. The number of thiocarbonyl (C=S) groups is 1. The second-order valence-electron chi connectivity index (χ2n) is 8.36. The molecule has 0 amide bonds. The highest BCUT2D eigenvalue weighted by molar-refractivity contribution is 7.80. The van der Waals surface area contributed by atoms with Crippen molar-refractivity contribution in [2.45, 2.75) is 20.4 Å². The molecule has 174 valence electrons. The van der Waals surface area contributed by atoms with Gasteiger partial charge in [-0.1, -0.05) is 23.8 Å². The molecule has 0 aliphatic heterocycles. The summed E-state index contributed by atoms with van der Waals surface area (Å²) in [6.45, 7) is 5.70. The molecule has 1 aromatic heterocycles. The maximum Gasteiger partial charge on any atom is 0.339 e. The fourth-order valence-corrected chi connectivity index (χ4v) is 3.97. The first-order valence-corrected chi connectivity index (χ1v) is 11.1. The molecule has 0 aliphatic rings. The molecule has 0 atom stereocenters. The van der Waals surface area contributed by atoms with Gasteiger partial charge in [0.25, 0.3) is 5.56 Å². The van der Waals surface area contributed by atoms with Crippen LogP contribution in [0.25, 0.3) is 10.9 Å². The van der Waals surface area contributed by atoms with E-state index in [1.54, 1.807) is 18.2 Å². The third kappa shape index (κ3) is 5.97. The van der Waals surface area contributed by atoms with Crippen LogP contribution in [-0.2, 0) is 11.3 Å². The molecule has 0 fully saturated rings. The van der Waals surface area contributed by atoms with Gasteiger partial charge in [-0.15, -0.1) is 0 Å². The Morgan fingerprint density at radius 2 is 1.85 bits per heavy atom. The summed E-state index contributed by atoms with van der Waals surface area (Å²) in [5.74, 6) is -0.447. The van der Waals surface area contributed by atoms with Crippen LogP contribution < -0.4 is 10.9 Å². The normalized spacial score (nSPS) is 11.0. The number of carbonyl (C=O) groups excluding carboxylic acids is 1. The zero-order valence-electron chi connectivity index (χ0n) is 19.7. The average Bonchev–Trinajstić information content (AvgIpc) is 2.77. The standard InChI is InChI=1S/C25H30N4O3S/c1-16-12-17(2)22-18(13-16)14-19(23(30)27-22)15-29(11-10-28(3)4)25(33)26-21-9-7-6-8-20(21)24(31)32-5/h6-9,12-14H,10-11,15H2,1-5H3,(H,26,33)(H,27,30). The minimum atomic E-state index is -0.447. The molecule has 8 heteroatoms. The lowest BCUT2D eigenvalue weighted by atomic mass is 10.1. The quantitative estimate of drug-likeness (QED) is 0.406. The number of nitrogens with zero attached hydrogens (tertiary/aromatic N) is 2. The van der Waals surface area contributed by atoms with Crippen molar-refractivity contribution in [3.63, 3.8) is 0 Å². The van der Waals surface area contributed by atoms with Crippen LogP contribution in [0.4, 0.5) is 5.69 Å². The van der Waals surface area contributed by atoms with Crippen LogP contribution in [0.15, 0.2) is 47.3 Å². The predicted molar refractivity (Wildman–Crippen MR) is 137 cm³/mol. The molecule has 3 rings (SSSR count). The Morgan fingerprint density at radius 1 is 1.12 bits per heavy atom. The molecule has 3 aromatic rings. The Kier molecular flexibility index (Phi) is 7.84. The van der Waals surface area contributed by atoms with Crippen LogP contribution >= 0.6 is 12.2 Å². The Hall–Kier alpha value is -3.23. The highest BCUT2D eigenvalue weighted by atomic mass is 32.1. The van der Waals surface area contributed by atoms with E-state index < -0.39 is 5.97 Å². The molecule has 7 nitrogen and oxygen atoms in total. The number of hydrogen-bond donors (Lipinski definition) is 2. The molecule has 0 saturated carbocycles. The van der Waals surface area contributed by atoms with Crippen LogP contribution in [0.1, 0.15) is 27.0 Å². The van der Waals surface area contributed by atoms with E-state index in [9.17, 15) is 9.59 Å². The van der Waals surface area contributed by atoms with Gasteiger partial charge in [-0.3, -0.25) is 4.79 Å². The van der Waals surface area contributed by atoms with E-state index in [4.69, 9.17) is 17.0 Å². The number of fused-ring (bicyclic) bond motifs is 1. The van der Waals surface area contributed by atoms with E-state index in [-0.39, 0.29) is 5.56 Å². The van der Waals surface area contributed by atoms with Gasteiger partial charge >= 0.3 is 5.97 Å². The molecule has 33 heavy (non-hydrogen) atoms. The highest BCUT2D eigenvalue weighted by Gasteiger charge is 2.17. The van der Waals surface area contributed by atoms with Crippen LogP contribution in [0.3, 0.4) is 0 Å². The van der Waals surface area contributed by atoms with Crippen LogP contribution in [0.5, 0.6) is 0 Å². The summed E-state index contributed by atoms with van der Waals surface area (Å²) in [4.78, 5) is 32.0. The lowest BCUT2D eigenvalue weighted by Gasteiger charge is -2.27. The summed E-state index contributed by atoms with van der Waals surface area (Å²) in [7, 11) is 5.31. The molecule has 0 saturated heterocycles. The molecular formula is C25H30N4O3S. The van der Waals surface area contributed by atoms with E-state index in [2.05, 4.69) is 27.3 Å². The number of benzene rings is 2. The Bertz CT molecular complexity index is 1240. The van der Waals surface area contributed by atoms with Crippen molar-refractivity contribution in [2.24, 2.45) is 0 Å². The molecule has 2 N–H and O–H groups in total. The number of nitrogens with one attached hydrogen (secondary N) is 2. The number of pyridine rings is 1. The number of methoxy groups -OCH3 is 1. The van der Waals surface area contributed by atoms with Crippen LogP contribution in [0, 0.1) is 13.8 Å². The van der Waals surface area contributed by atoms with Gasteiger partial charge in [0.1, 0.15) is 0 Å². The number of hydrogen-bond acceptors (Lipinski definition) is 5. The van der Waals surface area contributed by atoms with Crippen molar-refractivity contribution in [2.75, 3.05) is 39.6 Å². The van der Waals surface area contributed by atoms with Crippen molar-refractivity contribution in [3.8, 4) is 0 Å². The predicted octanol–water partition coefficient (Wildman–Crippen LogP) is 3.69. The second kappa shape index (κ2) is 10.6. The lowest BCUT2D eigenvalue weighted by Crippen LogP contribution is -2.40. The summed E-state index contributed by atoms with van der Waals surface area (Å²) in [6, 6.07) is 13.1. The van der Waals surface area contributed by atoms with Gasteiger partial charge in [-0.05, 0) is 75.4 Å². The van der Waals surface area contributed by atoms with Crippen molar-refractivity contribution in [1.82, 2.24) is 14.8 Å². The van der Waals surface area contributed by atoms with Crippen LogP contribution in [0.2, 0.25) is 0 Å². The first-order valence-electron chi connectivity index (χ1n) is 10.7. The van der Waals surface area contributed by atoms with E-state index >= 15 is 0 Å². The van der Waals surface area contributed by atoms with E-state index in [0.29, 0.717) is 35.0 Å². The SMILES string of the molecule is COC(=O)c1ccccc1NC(=S)N(CCN(C)C)Cc1cc2cc(C)cc(C)c2[nH]c1=O. The number of para-hydroxylation sites is 1. The first-order chi connectivity index (χ1) is 15.7. The number of H-pyrrole nitrogens is 1. The van der Waals surface area contributed by atoms with Gasteiger partial charge in [0, 0.05) is 18.7 Å². The molecule has 2 aromatic carbocycles. The summed E-state index contributed by atoms with van der Waals surface area (Å²) in [6.07, 6.45) is 0. The van der Waals surface area contributed by atoms with Gasteiger partial charge in [-0.25, -0.2) is 4.79 Å². The van der Waals surface area contributed by atoms with Crippen molar-refractivity contribution >= 4 is 39.9 Å². The summed E-state index contributed by atoms with van der Waals surface area (Å²) in [5, 5.41) is 4.58. The highest BCUT2D eigenvalue weighted by Crippen LogP contribution is 2.20. The third-order valence-corrected chi connectivity index (χ3v) is 5.77. The lowest BCUT2D eigenvalue weighted by molar-refractivity contribution is 0.0602. The number of aromatic nitrogens is 1. The minimum Gasteiger partial charge on any atom is -0.465 e. The summed E-state index contributed by atoms with van der Waals surface area (Å²) in [5.41, 5.74) is 4.46. The van der Waals surface area contributed by atoms with Gasteiger partial charge in [-0.2, -0.15) is 0 Å². The number of esters is 1. The van der Waals surface area contributed by atoms with Crippen LogP contribution in [-0.4, -0.2) is 60.2 Å². The molecule has 0 spiro atoms. The number of anilines is 1. The van der Waals surface area contributed by atoms with Gasteiger partial charge in [0.05, 0.1) is 30.4 Å². The van der Waals surface area contributed by atoms with Gasteiger partial charge < -0.3 is 24.8 Å². The van der Waals surface area contributed by atoms with E-state index in [0.717, 1.165) is 28.6 Å². The Balaban J connectivity index is 1.92. The summed E-state index contributed by atoms with van der Waals surface area (Å²) >= 11 is 5.70. The fourth-order valence-electron chi connectivity index (χ4n) is 3.70. The Morgan fingerprint density at radius 3 is 2.55 bits per heavy atom. The number of ether oxygens (including phenoxy) is 1. The first kappa shape index (κ1) is 24.4. The number of aromatic amines is 1. The molecule has 0 bridgehead atoms. The zero-order chi connectivity index (χ0) is 24.1. The average molecular weight is 467 g/mol.